The molecule has 0 radical (unpaired) electrons. The summed E-state index contributed by atoms with van der Waals surface area (Å²) in [5.74, 6) is -0.402. The molecule has 3 rings (SSSR count). The smallest absolute Gasteiger partial charge is 0.324 e. The topological polar surface area (TPSA) is 90.1 Å². The Hall–Kier alpha value is -2.78. The second-order valence-electron chi connectivity index (χ2n) is 5.57. The zero-order valence-electron chi connectivity index (χ0n) is 14.2. The first-order valence-electron chi connectivity index (χ1n) is 7.69. The minimum absolute atomic E-state index is 0.0652. The van der Waals surface area contributed by atoms with E-state index >= 15 is 0 Å². The average molecular weight is 388 g/mol. The lowest BCUT2D eigenvalue weighted by atomic mass is 10.2. The summed E-state index contributed by atoms with van der Waals surface area (Å²) in [5, 5.41) is 15.7. The molecule has 0 aliphatic rings. The number of nitrogens with zero attached hydrogens (tertiary/aromatic N) is 3. The van der Waals surface area contributed by atoms with Crippen LogP contribution in [0.1, 0.15) is 21.1 Å². The number of thiazole rings is 1. The van der Waals surface area contributed by atoms with Crippen molar-refractivity contribution in [2.24, 2.45) is 0 Å². The molecule has 0 aromatic carbocycles. The van der Waals surface area contributed by atoms with Crippen LogP contribution in [-0.4, -0.2) is 20.4 Å². The van der Waals surface area contributed by atoms with E-state index in [1.54, 1.807) is 0 Å². The van der Waals surface area contributed by atoms with Crippen LogP contribution in [0.4, 0.5) is 10.1 Å². The van der Waals surface area contributed by atoms with Crippen LogP contribution >= 0.6 is 22.7 Å². The SMILES string of the molecule is C=CCn1c(C)cc(-c2csc(NC(=O)c3ccc([N+](=O)[O-])s3)n2)c1C. The van der Waals surface area contributed by atoms with Crippen LogP contribution < -0.4 is 5.32 Å². The molecule has 0 bridgehead atoms. The number of thiophene rings is 1. The van der Waals surface area contributed by atoms with E-state index in [0.717, 1.165) is 40.5 Å². The van der Waals surface area contributed by atoms with Crippen LogP contribution in [0.5, 0.6) is 0 Å². The first kappa shape index (κ1) is 18.0. The molecule has 0 aliphatic carbocycles. The molecule has 0 atom stereocenters. The molecule has 0 fully saturated rings. The van der Waals surface area contributed by atoms with Gasteiger partial charge in [-0.25, -0.2) is 4.98 Å². The largest absolute Gasteiger partial charge is 0.345 e. The maximum atomic E-state index is 12.2. The van der Waals surface area contributed by atoms with Gasteiger partial charge in [-0.05, 0) is 26.0 Å². The van der Waals surface area contributed by atoms with E-state index in [4.69, 9.17) is 0 Å². The van der Waals surface area contributed by atoms with Gasteiger partial charge in [0.25, 0.3) is 5.91 Å². The Balaban J connectivity index is 1.79. The fourth-order valence-corrected chi connectivity index (χ4v) is 4.05. The summed E-state index contributed by atoms with van der Waals surface area (Å²) in [4.78, 5) is 27.2. The number of allylic oxidation sites excluding steroid dienone is 1. The lowest BCUT2D eigenvalue weighted by molar-refractivity contribution is -0.380. The van der Waals surface area contributed by atoms with Gasteiger partial charge in [0, 0.05) is 34.9 Å². The van der Waals surface area contributed by atoms with Gasteiger partial charge in [-0.1, -0.05) is 17.4 Å². The number of nitrogens with one attached hydrogen (secondary N) is 1. The standard InChI is InChI=1S/C17H16N4O3S2/c1-4-7-20-10(2)8-12(11(20)3)13-9-25-17(18-13)19-16(22)14-5-6-15(26-14)21(23)24/h4-6,8-9H,1,7H2,2-3H3,(H,18,19,22). The van der Waals surface area contributed by atoms with Crippen molar-refractivity contribution in [2.45, 2.75) is 20.4 Å². The van der Waals surface area contributed by atoms with E-state index in [1.807, 2.05) is 25.3 Å². The van der Waals surface area contributed by atoms with Crippen molar-refractivity contribution in [3.8, 4) is 11.3 Å². The van der Waals surface area contributed by atoms with Gasteiger partial charge >= 0.3 is 5.00 Å². The van der Waals surface area contributed by atoms with Gasteiger partial charge in [-0.2, -0.15) is 0 Å². The predicted octanol–water partition coefficient (Wildman–Crippen LogP) is 4.64. The minimum atomic E-state index is -0.512. The number of anilines is 1. The lowest BCUT2D eigenvalue weighted by Crippen LogP contribution is -2.09. The van der Waals surface area contributed by atoms with Gasteiger partial charge in [0.1, 0.15) is 0 Å². The molecular formula is C17H16N4O3S2. The van der Waals surface area contributed by atoms with Crippen LogP contribution in [0, 0.1) is 24.0 Å². The third-order valence-corrected chi connectivity index (χ3v) is 5.67. The van der Waals surface area contributed by atoms with Crippen LogP contribution in [-0.2, 0) is 6.54 Å². The Kier molecular flexibility index (Phi) is 5.01. The van der Waals surface area contributed by atoms with Gasteiger partial charge in [-0.15, -0.1) is 17.9 Å². The number of carbonyl (C=O) groups excluding carboxylic acids is 1. The molecule has 0 spiro atoms. The average Bonchev–Trinajstić information content (AvgIpc) is 3.30. The van der Waals surface area contributed by atoms with Gasteiger partial charge in [0.05, 0.1) is 15.5 Å². The summed E-state index contributed by atoms with van der Waals surface area (Å²) >= 11 is 2.15. The highest BCUT2D eigenvalue weighted by Gasteiger charge is 2.18. The zero-order valence-corrected chi connectivity index (χ0v) is 15.8. The highest BCUT2D eigenvalue weighted by molar-refractivity contribution is 7.17. The van der Waals surface area contributed by atoms with E-state index in [2.05, 4.69) is 27.5 Å². The van der Waals surface area contributed by atoms with Crippen molar-refractivity contribution in [3.63, 3.8) is 0 Å². The summed E-state index contributed by atoms with van der Waals surface area (Å²) in [6.07, 6.45) is 1.84. The molecule has 3 aromatic rings. The number of aryl methyl sites for hydroxylation is 1. The van der Waals surface area contributed by atoms with Crippen molar-refractivity contribution >= 4 is 38.7 Å². The van der Waals surface area contributed by atoms with Crippen molar-refractivity contribution in [1.82, 2.24) is 9.55 Å². The Bertz CT molecular complexity index is 1000. The molecule has 9 heteroatoms. The molecule has 7 nitrogen and oxygen atoms in total. The number of amides is 1. The van der Waals surface area contributed by atoms with Crippen LogP contribution in [0.15, 0.2) is 36.2 Å². The number of nitro groups is 1. The van der Waals surface area contributed by atoms with Crippen molar-refractivity contribution < 1.29 is 9.72 Å². The molecule has 134 valence electrons. The molecule has 3 heterocycles. The first-order valence-corrected chi connectivity index (χ1v) is 9.39. The fourth-order valence-electron chi connectivity index (χ4n) is 2.63. The van der Waals surface area contributed by atoms with E-state index < -0.39 is 10.8 Å². The van der Waals surface area contributed by atoms with Crippen LogP contribution in [0.25, 0.3) is 11.3 Å². The molecule has 1 N–H and O–H groups in total. The Morgan fingerprint density at radius 2 is 2.23 bits per heavy atom. The maximum Gasteiger partial charge on any atom is 0.324 e. The van der Waals surface area contributed by atoms with Crippen LogP contribution in [0.3, 0.4) is 0 Å². The van der Waals surface area contributed by atoms with E-state index in [9.17, 15) is 14.9 Å². The fraction of sp³-hybridized carbons (Fsp3) is 0.176. The monoisotopic (exact) mass is 388 g/mol. The molecule has 0 saturated carbocycles. The summed E-state index contributed by atoms with van der Waals surface area (Å²) in [6.45, 7) is 8.55. The minimum Gasteiger partial charge on any atom is -0.345 e. The number of hydrogen-bond donors (Lipinski definition) is 1. The Morgan fingerprint density at radius 1 is 1.46 bits per heavy atom. The van der Waals surface area contributed by atoms with Gasteiger partial charge < -0.3 is 4.57 Å². The quantitative estimate of drug-likeness (QED) is 0.378. The van der Waals surface area contributed by atoms with Crippen molar-refractivity contribution in [3.05, 3.63) is 62.6 Å². The molecule has 0 unspecified atom stereocenters. The second-order valence-corrected chi connectivity index (χ2v) is 7.49. The summed E-state index contributed by atoms with van der Waals surface area (Å²) in [7, 11) is 0. The number of rotatable bonds is 6. The molecule has 0 saturated heterocycles. The predicted molar refractivity (Wildman–Crippen MR) is 104 cm³/mol. The van der Waals surface area contributed by atoms with Gasteiger partial charge in [0.2, 0.25) is 0 Å². The Morgan fingerprint density at radius 3 is 2.88 bits per heavy atom. The molecule has 0 aliphatic heterocycles. The van der Waals surface area contributed by atoms with Gasteiger partial charge in [-0.3, -0.25) is 20.2 Å². The highest BCUT2D eigenvalue weighted by atomic mass is 32.1. The molecular weight excluding hydrogens is 372 g/mol. The van der Waals surface area contributed by atoms with Crippen molar-refractivity contribution in [1.29, 1.82) is 0 Å². The number of aromatic nitrogens is 2. The lowest BCUT2D eigenvalue weighted by Gasteiger charge is -2.05. The summed E-state index contributed by atoms with van der Waals surface area (Å²) in [6, 6.07) is 4.82. The molecule has 1 amide bonds. The highest BCUT2D eigenvalue weighted by Crippen LogP contribution is 2.31. The molecule has 26 heavy (non-hydrogen) atoms. The maximum absolute atomic E-state index is 12.2. The second kappa shape index (κ2) is 7.22. The number of hydrogen-bond acceptors (Lipinski definition) is 6. The normalized spacial score (nSPS) is 10.7. The summed E-state index contributed by atoms with van der Waals surface area (Å²) in [5.41, 5.74) is 3.99. The Labute approximate surface area is 157 Å². The van der Waals surface area contributed by atoms with Gasteiger partial charge in [0.15, 0.2) is 5.13 Å². The van der Waals surface area contributed by atoms with E-state index in [1.165, 1.54) is 23.5 Å². The van der Waals surface area contributed by atoms with E-state index in [-0.39, 0.29) is 9.88 Å². The summed E-state index contributed by atoms with van der Waals surface area (Å²) < 4.78 is 2.14. The molecule has 3 aromatic heterocycles. The third-order valence-electron chi connectivity index (χ3n) is 3.88. The van der Waals surface area contributed by atoms with E-state index in [0.29, 0.717) is 5.13 Å². The zero-order chi connectivity index (χ0) is 18.8. The number of carbonyl (C=O) groups is 1. The van der Waals surface area contributed by atoms with Crippen molar-refractivity contribution in [2.75, 3.05) is 5.32 Å². The first-order chi connectivity index (χ1) is 12.4. The van der Waals surface area contributed by atoms with Crippen LogP contribution in [0.2, 0.25) is 0 Å². The third kappa shape index (κ3) is 3.44.